The van der Waals surface area contributed by atoms with Crippen LogP contribution in [0.3, 0.4) is 0 Å². The molecule has 1 rings (SSSR count). The van der Waals surface area contributed by atoms with Crippen LogP contribution in [0.1, 0.15) is 169 Å². The molecular weight excluding hydrogens is 719 g/mol. The maximum Gasteiger partial charge on any atom is 0.149 e. The van der Waals surface area contributed by atoms with Gasteiger partial charge in [-0.2, -0.15) is 27.0 Å². The Kier molecular flexibility index (Phi) is 36.9. The lowest BCUT2D eigenvalue weighted by atomic mass is 9.83. The molecule has 0 spiro atoms. The van der Waals surface area contributed by atoms with Crippen LogP contribution in [0.15, 0.2) is 24.3 Å². The molecule has 0 saturated carbocycles. The molecule has 7 heteroatoms. The molecule has 0 amide bonds. The first-order valence-electron chi connectivity index (χ1n) is 21.5. The lowest BCUT2D eigenvalue weighted by Gasteiger charge is -2.27. The quantitative estimate of drug-likeness (QED) is 0.104. The Bertz CT molecular complexity index is 1090. The van der Waals surface area contributed by atoms with Crippen molar-refractivity contribution in [2.24, 2.45) is 59.2 Å². The van der Waals surface area contributed by atoms with Crippen molar-refractivity contribution in [1.29, 1.82) is 0 Å². The summed E-state index contributed by atoms with van der Waals surface area (Å²) in [7, 11) is 0. The molecule has 326 valence electrons. The number of Topliss-reactive ketones (excluding diaryl/α,β-unsaturated/α-hetero) is 3. The van der Waals surface area contributed by atoms with Gasteiger partial charge in [-0.1, -0.05) is 129 Å². The highest BCUT2D eigenvalue weighted by molar-refractivity contribution is 7.59. The minimum Gasteiger partial charge on any atom is -0.494 e. The van der Waals surface area contributed by atoms with Crippen LogP contribution in [0.2, 0.25) is 0 Å². The van der Waals surface area contributed by atoms with E-state index >= 15 is 0 Å². The summed E-state index contributed by atoms with van der Waals surface area (Å²) in [6, 6.07) is 8.73. The number of carbonyl (C=O) groups excluding carboxylic acids is 3. The van der Waals surface area contributed by atoms with Crippen LogP contribution in [-0.2, 0) is 20.8 Å². The van der Waals surface area contributed by atoms with Crippen molar-refractivity contribution < 1.29 is 19.1 Å². The van der Waals surface area contributed by atoms with Gasteiger partial charge in [0.1, 0.15) is 23.1 Å². The third-order valence-electron chi connectivity index (χ3n) is 9.64. The van der Waals surface area contributed by atoms with Gasteiger partial charge in [0.05, 0.1) is 13.2 Å². The molecule has 0 heterocycles. The second-order valence-electron chi connectivity index (χ2n) is 19.0. The monoisotopic (exact) mass is 812 g/mol. The summed E-state index contributed by atoms with van der Waals surface area (Å²) in [5.74, 6) is 6.26. The minimum absolute atomic E-state index is 0. The van der Waals surface area contributed by atoms with Crippen molar-refractivity contribution in [3.05, 3.63) is 29.8 Å². The molecule has 0 aliphatic rings. The highest BCUT2D eigenvalue weighted by atomic mass is 32.1. The Labute approximate surface area is 357 Å². The SMILES string of the molecule is CC(C)CCN(CC(=O)C(C)C)C(C)C.CC(C)CCOc1ccc(C[C@H](CC(C)C)C(=O)C(C)C)cc1.CC(C)CC[C@H](CC(C)C)C(=O)C(C)C.S.S. The summed E-state index contributed by atoms with van der Waals surface area (Å²) in [6.07, 6.45) is 7.35. The molecule has 2 atom stereocenters. The fourth-order valence-electron chi connectivity index (χ4n) is 6.04. The summed E-state index contributed by atoms with van der Waals surface area (Å²) in [4.78, 5) is 38.4. The number of carbonyl (C=O) groups is 3. The molecular formula is C48H93NO4S2. The van der Waals surface area contributed by atoms with E-state index in [0.29, 0.717) is 65.4 Å². The second-order valence-corrected chi connectivity index (χ2v) is 19.0. The summed E-state index contributed by atoms with van der Waals surface area (Å²) in [5, 5.41) is 0. The number of rotatable bonds is 24. The lowest BCUT2D eigenvalue weighted by molar-refractivity contribution is -0.127. The third-order valence-corrected chi connectivity index (χ3v) is 9.64. The molecule has 0 aliphatic heterocycles. The van der Waals surface area contributed by atoms with Crippen LogP contribution in [0.25, 0.3) is 0 Å². The van der Waals surface area contributed by atoms with E-state index in [1.165, 1.54) is 18.4 Å². The van der Waals surface area contributed by atoms with Gasteiger partial charge in [0.2, 0.25) is 0 Å². The first-order valence-corrected chi connectivity index (χ1v) is 21.5. The third kappa shape index (κ3) is 32.4. The molecule has 0 aliphatic carbocycles. The Balaban J connectivity index is -0.000000362. The van der Waals surface area contributed by atoms with Crippen molar-refractivity contribution >= 4 is 44.3 Å². The average Bonchev–Trinajstić information content (AvgIpc) is 3.04. The van der Waals surface area contributed by atoms with Gasteiger partial charge in [0.15, 0.2) is 0 Å². The summed E-state index contributed by atoms with van der Waals surface area (Å²) in [6.45, 7) is 40.8. The summed E-state index contributed by atoms with van der Waals surface area (Å²) < 4.78 is 5.76. The van der Waals surface area contributed by atoms with Gasteiger partial charge in [-0.25, -0.2) is 0 Å². The molecule has 0 saturated heterocycles. The van der Waals surface area contributed by atoms with Crippen molar-refractivity contribution in [1.82, 2.24) is 4.90 Å². The zero-order valence-electron chi connectivity index (χ0n) is 39.3. The van der Waals surface area contributed by atoms with E-state index in [1.807, 2.05) is 53.7 Å². The van der Waals surface area contributed by atoms with Crippen LogP contribution in [-0.4, -0.2) is 48.0 Å². The van der Waals surface area contributed by atoms with Crippen LogP contribution >= 0.6 is 27.0 Å². The largest absolute Gasteiger partial charge is 0.494 e. The van der Waals surface area contributed by atoms with E-state index in [4.69, 9.17) is 4.74 Å². The van der Waals surface area contributed by atoms with E-state index in [0.717, 1.165) is 51.0 Å². The van der Waals surface area contributed by atoms with Crippen molar-refractivity contribution in [2.45, 2.75) is 176 Å². The van der Waals surface area contributed by atoms with Gasteiger partial charge >= 0.3 is 0 Å². The molecule has 0 fully saturated rings. The average molecular weight is 812 g/mol. The Morgan fingerprint density at radius 2 is 0.964 bits per heavy atom. The van der Waals surface area contributed by atoms with Crippen LogP contribution in [0.4, 0.5) is 0 Å². The van der Waals surface area contributed by atoms with Crippen molar-refractivity contribution in [3.63, 3.8) is 0 Å². The Hall–Kier alpha value is -1.31. The maximum atomic E-state index is 12.4. The van der Waals surface area contributed by atoms with Gasteiger partial charge in [-0.15, -0.1) is 0 Å². The van der Waals surface area contributed by atoms with Crippen LogP contribution in [0.5, 0.6) is 5.75 Å². The van der Waals surface area contributed by atoms with Gasteiger partial charge in [-0.3, -0.25) is 19.3 Å². The van der Waals surface area contributed by atoms with E-state index in [9.17, 15) is 14.4 Å². The smallest absolute Gasteiger partial charge is 0.149 e. The molecule has 1 aromatic rings. The highest BCUT2D eigenvalue weighted by Gasteiger charge is 2.23. The van der Waals surface area contributed by atoms with Crippen LogP contribution < -0.4 is 4.74 Å². The number of hydrogen-bond donors (Lipinski definition) is 0. The minimum atomic E-state index is 0. The molecule has 55 heavy (non-hydrogen) atoms. The molecule has 5 nitrogen and oxygen atoms in total. The summed E-state index contributed by atoms with van der Waals surface area (Å²) in [5.41, 5.74) is 1.22. The van der Waals surface area contributed by atoms with Crippen molar-refractivity contribution in [2.75, 3.05) is 19.7 Å². The standard InChI is InChI=1S/C21H34O2.C14H28O.C13H27NO.2H2S/c1-15(2)11-12-23-20-9-7-18(8-10-20)14-19(13-16(3)4)21(22)17(5)6;1-10(2)7-8-13(9-11(3)4)14(15)12(5)6;1-10(2)7-8-14(12(5)6)9-13(15)11(3)4;;/h7-10,15-17,19H,11-14H2,1-6H3;10-13H,7-9H2,1-6H3;10-12H,7-9H2,1-6H3;2*1H2/t19-;13-;;;/m01.../s1. The number of hydrogen-bond acceptors (Lipinski definition) is 5. The van der Waals surface area contributed by atoms with E-state index < -0.39 is 0 Å². The highest BCUT2D eigenvalue weighted by Crippen LogP contribution is 2.25. The molecule has 0 N–H and O–H groups in total. The number of ether oxygens (including phenoxy) is 1. The van der Waals surface area contributed by atoms with Gasteiger partial charge < -0.3 is 4.74 Å². The topological polar surface area (TPSA) is 63.7 Å². The number of nitrogens with zero attached hydrogens (tertiary/aromatic N) is 1. The molecule has 0 aromatic heterocycles. The number of benzene rings is 1. The normalized spacial score (nSPS) is 12.5. The molecule has 0 bridgehead atoms. The van der Waals surface area contributed by atoms with Crippen molar-refractivity contribution in [3.8, 4) is 5.75 Å². The zero-order chi connectivity index (χ0) is 41.4. The Morgan fingerprint density at radius 3 is 1.35 bits per heavy atom. The second kappa shape index (κ2) is 33.6. The molecule has 0 radical (unpaired) electrons. The lowest BCUT2D eigenvalue weighted by Crippen LogP contribution is -2.38. The van der Waals surface area contributed by atoms with Gasteiger partial charge in [0, 0.05) is 35.6 Å². The van der Waals surface area contributed by atoms with Gasteiger partial charge in [-0.05, 0) is 106 Å². The van der Waals surface area contributed by atoms with Gasteiger partial charge in [0.25, 0.3) is 0 Å². The first kappa shape index (κ1) is 60.4. The fourth-order valence-corrected chi connectivity index (χ4v) is 6.04. The zero-order valence-corrected chi connectivity index (χ0v) is 41.3. The number of ketones is 3. The predicted octanol–water partition coefficient (Wildman–Crippen LogP) is 13.0. The maximum absolute atomic E-state index is 12.4. The summed E-state index contributed by atoms with van der Waals surface area (Å²) >= 11 is 0. The molecule has 1 aromatic carbocycles. The molecule has 0 unspecified atom stereocenters. The van der Waals surface area contributed by atoms with E-state index in [2.05, 4.69) is 100 Å². The first-order chi connectivity index (χ1) is 24.5. The predicted molar refractivity (Wildman–Crippen MR) is 252 cm³/mol. The fraction of sp³-hybridized carbons (Fsp3) is 0.812. The van der Waals surface area contributed by atoms with E-state index in [-0.39, 0.29) is 50.7 Å². The Morgan fingerprint density at radius 1 is 0.527 bits per heavy atom. The van der Waals surface area contributed by atoms with Crippen LogP contribution in [0, 0.1) is 59.2 Å². The van der Waals surface area contributed by atoms with E-state index in [1.54, 1.807) is 0 Å².